The van der Waals surface area contributed by atoms with Gasteiger partial charge >= 0.3 is 0 Å². The Morgan fingerprint density at radius 1 is 0.463 bits per heavy atom. The largest absolute Gasteiger partial charge is 0.256 e. The van der Waals surface area contributed by atoms with Crippen LogP contribution in [0.2, 0.25) is 0 Å². The molecule has 0 spiro atoms. The van der Waals surface area contributed by atoms with Crippen LogP contribution in [0.1, 0.15) is 23.6 Å². The van der Waals surface area contributed by atoms with Gasteiger partial charge in [0.2, 0.25) is 0 Å². The van der Waals surface area contributed by atoms with Crippen molar-refractivity contribution in [3.63, 3.8) is 0 Å². The highest BCUT2D eigenvalue weighted by Crippen LogP contribution is 2.36. The highest BCUT2D eigenvalue weighted by molar-refractivity contribution is 5.97. The molecule has 0 radical (unpaired) electrons. The molecular formula is C51H35N3. The van der Waals surface area contributed by atoms with Gasteiger partial charge in [-0.2, -0.15) is 0 Å². The van der Waals surface area contributed by atoms with Crippen LogP contribution < -0.4 is 0 Å². The van der Waals surface area contributed by atoms with Gasteiger partial charge in [0.1, 0.15) is 0 Å². The Balaban J connectivity index is 1.03. The van der Waals surface area contributed by atoms with Gasteiger partial charge in [0.25, 0.3) is 0 Å². The molecule has 54 heavy (non-hydrogen) atoms. The molecule has 3 heteroatoms. The van der Waals surface area contributed by atoms with Crippen molar-refractivity contribution < 1.29 is 0 Å². The first kappa shape index (κ1) is 31.7. The van der Waals surface area contributed by atoms with Crippen molar-refractivity contribution in [2.24, 2.45) is 0 Å². The number of hydrogen-bond acceptors (Lipinski definition) is 3. The van der Waals surface area contributed by atoms with E-state index in [-0.39, 0.29) is 5.92 Å². The summed E-state index contributed by atoms with van der Waals surface area (Å²) >= 11 is 0. The van der Waals surface area contributed by atoms with Crippen molar-refractivity contribution in [1.82, 2.24) is 15.0 Å². The third-order valence-electron chi connectivity index (χ3n) is 10.6. The van der Waals surface area contributed by atoms with E-state index in [0.717, 1.165) is 56.8 Å². The zero-order valence-corrected chi connectivity index (χ0v) is 29.6. The number of pyridine rings is 1. The Bertz CT molecular complexity index is 2910. The molecule has 0 aliphatic heterocycles. The summed E-state index contributed by atoms with van der Waals surface area (Å²) in [6, 6.07) is 60.3. The Morgan fingerprint density at radius 3 is 2.02 bits per heavy atom. The normalized spacial score (nSPS) is 14.1. The van der Waals surface area contributed by atoms with Gasteiger partial charge in [-0.15, -0.1) is 0 Å². The first-order valence-electron chi connectivity index (χ1n) is 18.5. The summed E-state index contributed by atoms with van der Waals surface area (Å²) in [5, 5.41) is 6.10. The van der Waals surface area contributed by atoms with Crippen molar-refractivity contribution in [2.45, 2.75) is 12.3 Å². The SMILES string of the molecule is C1=CC(c2cc(-c3ccc(-c4cccc5ccccc45)cc3)nc(-c3cccc(-c4ccc5ccccc5c4)c3)n2)CC=C1c1cnc2ccccc2c1. The van der Waals surface area contributed by atoms with Gasteiger partial charge in [-0.1, -0.05) is 158 Å². The summed E-state index contributed by atoms with van der Waals surface area (Å²) in [6.07, 6.45) is 9.64. The van der Waals surface area contributed by atoms with Crippen LogP contribution in [0.4, 0.5) is 0 Å². The Morgan fingerprint density at radius 2 is 1.15 bits per heavy atom. The molecule has 1 aliphatic rings. The van der Waals surface area contributed by atoms with E-state index in [4.69, 9.17) is 15.0 Å². The number of allylic oxidation sites excluding steroid dienone is 4. The van der Waals surface area contributed by atoms with Gasteiger partial charge in [-0.05, 0) is 86.1 Å². The molecule has 0 N–H and O–H groups in total. The number of benzene rings is 7. The summed E-state index contributed by atoms with van der Waals surface area (Å²) in [7, 11) is 0. The summed E-state index contributed by atoms with van der Waals surface area (Å²) < 4.78 is 0. The van der Waals surface area contributed by atoms with Gasteiger partial charge in [-0.25, -0.2) is 9.97 Å². The average molecular weight is 690 g/mol. The van der Waals surface area contributed by atoms with Crippen LogP contribution in [0.3, 0.4) is 0 Å². The van der Waals surface area contributed by atoms with Crippen LogP contribution in [0.15, 0.2) is 194 Å². The molecule has 0 saturated heterocycles. The van der Waals surface area contributed by atoms with Crippen LogP contribution in [-0.4, -0.2) is 15.0 Å². The van der Waals surface area contributed by atoms with Crippen LogP contribution in [-0.2, 0) is 0 Å². The molecule has 9 aromatic rings. The Labute approximate surface area is 314 Å². The van der Waals surface area contributed by atoms with Crippen LogP contribution in [0, 0.1) is 0 Å². The molecule has 0 bridgehead atoms. The number of fused-ring (bicyclic) bond motifs is 3. The van der Waals surface area contributed by atoms with Gasteiger partial charge in [0.05, 0.1) is 16.9 Å². The third-order valence-corrected chi connectivity index (χ3v) is 10.6. The van der Waals surface area contributed by atoms with E-state index in [1.165, 1.54) is 43.8 Å². The maximum absolute atomic E-state index is 5.27. The molecule has 1 unspecified atom stereocenters. The fourth-order valence-corrected chi connectivity index (χ4v) is 7.72. The monoisotopic (exact) mass is 689 g/mol. The van der Waals surface area contributed by atoms with Crippen molar-refractivity contribution >= 4 is 38.0 Å². The number of aromatic nitrogens is 3. The van der Waals surface area contributed by atoms with Crippen molar-refractivity contribution in [2.75, 3.05) is 0 Å². The topological polar surface area (TPSA) is 38.7 Å². The molecule has 1 atom stereocenters. The zero-order valence-electron chi connectivity index (χ0n) is 29.6. The lowest BCUT2D eigenvalue weighted by atomic mass is 9.90. The average Bonchev–Trinajstić information content (AvgIpc) is 3.26. The molecule has 0 amide bonds. The van der Waals surface area contributed by atoms with Gasteiger partial charge in [0.15, 0.2) is 5.82 Å². The summed E-state index contributed by atoms with van der Waals surface area (Å²) in [4.78, 5) is 15.2. The van der Waals surface area contributed by atoms with Crippen LogP contribution in [0.25, 0.3) is 82.9 Å². The first-order valence-corrected chi connectivity index (χ1v) is 18.5. The minimum absolute atomic E-state index is 0.112. The first-order chi connectivity index (χ1) is 26.7. The molecule has 3 nitrogen and oxygen atoms in total. The highest BCUT2D eigenvalue weighted by atomic mass is 14.9. The number of rotatable bonds is 6. The number of hydrogen-bond donors (Lipinski definition) is 0. The van der Waals surface area contributed by atoms with Gasteiger partial charge in [-0.3, -0.25) is 4.98 Å². The standard InChI is InChI=1S/C51H35N3/c1-2-11-40-29-42(28-21-34(40)9-1)41-14-7-15-44(30-41)51-53-49(38-24-19-35(20-25-38)45-31-43-12-4-6-18-48(43)52-33-45)32-50(54-51)39-26-22-37(23-27-39)47-17-8-13-36-10-3-5-16-46(36)47/h1-24,26-33,38H,25H2. The van der Waals surface area contributed by atoms with Crippen molar-refractivity contribution in [3.05, 3.63) is 206 Å². The van der Waals surface area contributed by atoms with E-state index in [1.807, 2.05) is 12.3 Å². The zero-order chi connectivity index (χ0) is 35.8. The smallest absolute Gasteiger partial charge is 0.160 e. The minimum Gasteiger partial charge on any atom is -0.256 e. The predicted molar refractivity (Wildman–Crippen MR) is 225 cm³/mol. The fourth-order valence-electron chi connectivity index (χ4n) is 7.72. The quantitative estimate of drug-likeness (QED) is 0.174. The fraction of sp³-hybridized carbons (Fsp3) is 0.0392. The molecule has 0 fully saturated rings. The number of para-hydroxylation sites is 1. The van der Waals surface area contributed by atoms with Crippen molar-refractivity contribution in [1.29, 1.82) is 0 Å². The van der Waals surface area contributed by atoms with E-state index in [2.05, 4.69) is 182 Å². The molecule has 7 aromatic carbocycles. The van der Waals surface area contributed by atoms with Crippen LogP contribution >= 0.6 is 0 Å². The summed E-state index contributed by atoms with van der Waals surface area (Å²) in [5.41, 5.74) is 12.0. The van der Waals surface area contributed by atoms with Crippen molar-refractivity contribution in [3.8, 4) is 44.9 Å². The molecule has 10 rings (SSSR count). The second-order valence-corrected chi connectivity index (χ2v) is 14.0. The van der Waals surface area contributed by atoms with E-state index in [1.54, 1.807) is 0 Å². The maximum Gasteiger partial charge on any atom is 0.160 e. The van der Waals surface area contributed by atoms with E-state index < -0.39 is 0 Å². The maximum atomic E-state index is 5.27. The lowest BCUT2D eigenvalue weighted by Gasteiger charge is -2.18. The lowest BCUT2D eigenvalue weighted by Crippen LogP contribution is -2.05. The Hall–Kier alpha value is -6.97. The van der Waals surface area contributed by atoms with Crippen LogP contribution in [0.5, 0.6) is 0 Å². The third kappa shape index (κ3) is 6.06. The van der Waals surface area contributed by atoms with E-state index in [0.29, 0.717) is 0 Å². The van der Waals surface area contributed by atoms with Gasteiger partial charge in [0, 0.05) is 34.2 Å². The molecule has 0 saturated carbocycles. The number of nitrogens with zero attached hydrogens (tertiary/aromatic N) is 3. The van der Waals surface area contributed by atoms with E-state index in [9.17, 15) is 0 Å². The lowest BCUT2D eigenvalue weighted by molar-refractivity contribution is 0.813. The highest BCUT2D eigenvalue weighted by Gasteiger charge is 2.18. The van der Waals surface area contributed by atoms with Gasteiger partial charge < -0.3 is 0 Å². The Kier molecular flexibility index (Phi) is 7.96. The minimum atomic E-state index is 0.112. The molecule has 2 aromatic heterocycles. The van der Waals surface area contributed by atoms with E-state index >= 15 is 0 Å². The molecule has 2 heterocycles. The predicted octanol–water partition coefficient (Wildman–Crippen LogP) is 13.1. The summed E-state index contributed by atoms with van der Waals surface area (Å²) in [5.74, 6) is 0.839. The summed E-state index contributed by atoms with van der Waals surface area (Å²) in [6.45, 7) is 0. The molecule has 1 aliphatic carbocycles. The second kappa shape index (κ2) is 13.5. The second-order valence-electron chi connectivity index (χ2n) is 14.0. The molecular weight excluding hydrogens is 655 g/mol. The molecule has 254 valence electrons.